The Kier molecular flexibility index (Phi) is 1.09. The molecule has 4 heteroatoms. The SMILES string of the molecule is O=C1OCc2cc[nH]c(=O)c21. The van der Waals surface area contributed by atoms with Gasteiger partial charge in [0.05, 0.1) is 0 Å². The van der Waals surface area contributed by atoms with E-state index in [2.05, 4.69) is 9.72 Å². The standard InChI is InChI=1S/C7H5NO3/c9-6-5-4(1-2-8-6)3-11-7(5)10/h1-2H,3H2,(H,8,9). The van der Waals surface area contributed by atoms with Gasteiger partial charge in [-0.15, -0.1) is 0 Å². The lowest BCUT2D eigenvalue weighted by Gasteiger charge is -1.87. The van der Waals surface area contributed by atoms with Crippen LogP contribution in [0.5, 0.6) is 0 Å². The number of pyridine rings is 1. The molecule has 2 heterocycles. The number of aromatic amines is 1. The molecule has 0 saturated carbocycles. The highest BCUT2D eigenvalue weighted by molar-refractivity contribution is 5.92. The average molecular weight is 151 g/mol. The topological polar surface area (TPSA) is 59.2 Å². The molecule has 0 fully saturated rings. The van der Waals surface area contributed by atoms with E-state index in [1.165, 1.54) is 6.20 Å². The molecule has 0 aromatic carbocycles. The van der Waals surface area contributed by atoms with Gasteiger partial charge in [-0.1, -0.05) is 0 Å². The monoisotopic (exact) mass is 151 g/mol. The third-order valence-electron chi connectivity index (χ3n) is 1.61. The second-order valence-electron chi connectivity index (χ2n) is 2.28. The Balaban J connectivity index is 2.78. The summed E-state index contributed by atoms with van der Waals surface area (Å²) < 4.78 is 4.65. The molecule has 1 aliphatic heterocycles. The van der Waals surface area contributed by atoms with E-state index in [-0.39, 0.29) is 17.7 Å². The summed E-state index contributed by atoms with van der Waals surface area (Å²) in [5.41, 5.74) is 0.441. The Morgan fingerprint density at radius 1 is 1.45 bits per heavy atom. The predicted octanol–water partition coefficient (Wildman–Crippen LogP) is 0.0453. The first kappa shape index (κ1) is 6.15. The Bertz CT molecular complexity index is 366. The van der Waals surface area contributed by atoms with Gasteiger partial charge in [0.1, 0.15) is 12.2 Å². The number of hydrogen-bond donors (Lipinski definition) is 1. The molecule has 0 unspecified atom stereocenters. The fourth-order valence-corrected chi connectivity index (χ4v) is 1.08. The molecule has 0 bridgehead atoms. The fourth-order valence-electron chi connectivity index (χ4n) is 1.08. The van der Waals surface area contributed by atoms with Crippen molar-refractivity contribution in [3.05, 3.63) is 33.7 Å². The Labute approximate surface area is 61.8 Å². The second kappa shape index (κ2) is 1.95. The largest absolute Gasteiger partial charge is 0.457 e. The maximum absolute atomic E-state index is 11.0. The van der Waals surface area contributed by atoms with Gasteiger partial charge in [-0.25, -0.2) is 4.79 Å². The highest BCUT2D eigenvalue weighted by Gasteiger charge is 2.23. The van der Waals surface area contributed by atoms with Crippen molar-refractivity contribution in [2.24, 2.45) is 0 Å². The highest BCUT2D eigenvalue weighted by Crippen LogP contribution is 2.13. The molecule has 0 spiro atoms. The second-order valence-corrected chi connectivity index (χ2v) is 2.28. The Morgan fingerprint density at radius 2 is 2.27 bits per heavy atom. The summed E-state index contributed by atoms with van der Waals surface area (Å²) >= 11 is 0. The number of carbonyl (C=O) groups is 1. The Hall–Kier alpha value is -1.58. The van der Waals surface area contributed by atoms with E-state index >= 15 is 0 Å². The minimum atomic E-state index is -0.526. The van der Waals surface area contributed by atoms with Crippen molar-refractivity contribution >= 4 is 5.97 Å². The zero-order valence-electron chi connectivity index (χ0n) is 5.59. The third kappa shape index (κ3) is 0.756. The number of esters is 1. The minimum Gasteiger partial charge on any atom is -0.457 e. The van der Waals surface area contributed by atoms with Crippen molar-refractivity contribution in [1.82, 2.24) is 4.98 Å². The molecule has 1 aromatic heterocycles. The molecule has 1 aliphatic rings. The summed E-state index contributed by atoms with van der Waals surface area (Å²) in [5.74, 6) is -0.526. The smallest absolute Gasteiger partial charge is 0.344 e. The van der Waals surface area contributed by atoms with Crippen molar-refractivity contribution in [1.29, 1.82) is 0 Å². The quantitative estimate of drug-likeness (QED) is 0.533. The van der Waals surface area contributed by atoms with Crippen molar-refractivity contribution < 1.29 is 9.53 Å². The molecular formula is C7H5NO3. The summed E-state index contributed by atoms with van der Waals surface area (Å²) in [5, 5.41) is 0. The fraction of sp³-hybridized carbons (Fsp3) is 0.143. The molecule has 11 heavy (non-hydrogen) atoms. The van der Waals surface area contributed by atoms with Crippen molar-refractivity contribution in [3.63, 3.8) is 0 Å². The molecular weight excluding hydrogens is 146 g/mol. The first-order valence-corrected chi connectivity index (χ1v) is 3.17. The number of nitrogens with one attached hydrogen (secondary N) is 1. The van der Waals surface area contributed by atoms with Crippen LogP contribution in [0.3, 0.4) is 0 Å². The van der Waals surface area contributed by atoms with Crippen molar-refractivity contribution in [3.8, 4) is 0 Å². The molecule has 56 valence electrons. The number of fused-ring (bicyclic) bond motifs is 1. The number of ether oxygens (including phenoxy) is 1. The van der Waals surface area contributed by atoms with E-state index in [1.54, 1.807) is 6.07 Å². The lowest BCUT2D eigenvalue weighted by molar-refractivity contribution is 0.0534. The van der Waals surface area contributed by atoms with Crippen LogP contribution in [-0.2, 0) is 11.3 Å². The van der Waals surface area contributed by atoms with Gasteiger partial charge in [-0.3, -0.25) is 4.79 Å². The van der Waals surface area contributed by atoms with Crippen LogP contribution in [0.25, 0.3) is 0 Å². The van der Waals surface area contributed by atoms with Gasteiger partial charge in [0.15, 0.2) is 0 Å². The van der Waals surface area contributed by atoms with Crippen LogP contribution in [0.4, 0.5) is 0 Å². The molecule has 0 atom stereocenters. The summed E-state index contributed by atoms with van der Waals surface area (Å²) in [7, 11) is 0. The van der Waals surface area contributed by atoms with Gasteiger partial charge in [-0.05, 0) is 6.07 Å². The molecule has 1 aromatic rings. The number of rotatable bonds is 0. The van der Waals surface area contributed by atoms with Gasteiger partial charge >= 0.3 is 5.97 Å². The number of aromatic nitrogens is 1. The van der Waals surface area contributed by atoms with Gasteiger partial charge in [0.25, 0.3) is 5.56 Å². The Morgan fingerprint density at radius 3 is 3.00 bits per heavy atom. The average Bonchev–Trinajstić information content (AvgIpc) is 2.34. The summed E-state index contributed by atoms with van der Waals surface area (Å²) in [6, 6.07) is 1.67. The number of carbonyl (C=O) groups excluding carboxylic acids is 1. The van der Waals surface area contributed by atoms with Crippen LogP contribution in [-0.4, -0.2) is 11.0 Å². The molecule has 0 radical (unpaired) electrons. The molecule has 4 nitrogen and oxygen atoms in total. The maximum atomic E-state index is 11.0. The summed E-state index contributed by atoms with van der Waals surface area (Å²) in [4.78, 5) is 24.2. The van der Waals surface area contributed by atoms with Crippen molar-refractivity contribution in [2.45, 2.75) is 6.61 Å². The molecule has 1 N–H and O–H groups in total. The highest BCUT2D eigenvalue weighted by atomic mass is 16.5. The van der Waals surface area contributed by atoms with Gasteiger partial charge < -0.3 is 9.72 Å². The van der Waals surface area contributed by atoms with Gasteiger partial charge in [0.2, 0.25) is 0 Å². The normalized spacial score (nSPS) is 14.4. The molecule has 0 amide bonds. The zero-order valence-corrected chi connectivity index (χ0v) is 5.59. The van der Waals surface area contributed by atoms with Crippen LogP contribution in [0.15, 0.2) is 17.1 Å². The zero-order chi connectivity index (χ0) is 7.84. The van der Waals surface area contributed by atoms with Gasteiger partial charge in [0, 0.05) is 11.8 Å². The number of H-pyrrole nitrogens is 1. The first-order valence-electron chi connectivity index (χ1n) is 3.17. The van der Waals surface area contributed by atoms with E-state index in [9.17, 15) is 9.59 Å². The lowest BCUT2D eigenvalue weighted by Crippen LogP contribution is -2.14. The minimum absolute atomic E-state index is 0.146. The number of hydrogen-bond acceptors (Lipinski definition) is 3. The van der Waals surface area contributed by atoms with Crippen LogP contribution in [0.1, 0.15) is 15.9 Å². The van der Waals surface area contributed by atoms with E-state index in [0.717, 1.165) is 0 Å². The molecule has 0 aliphatic carbocycles. The van der Waals surface area contributed by atoms with Gasteiger partial charge in [-0.2, -0.15) is 0 Å². The first-order chi connectivity index (χ1) is 5.29. The van der Waals surface area contributed by atoms with Crippen LogP contribution < -0.4 is 5.56 Å². The van der Waals surface area contributed by atoms with E-state index in [4.69, 9.17) is 0 Å². The predicted molar refractivity (Wildman–Crippen MR) is 36.2 cm³/mol. The lowest BCUT2D eigenvalue weighted by atomic mass is 10.2. The number of cyclic esters (lactones) is 1. The third-order valence-corrected chi connectivity index (χ3v) is 1.61. The van der Waals surface area contributed by atoms with E-state index in [1.807, 2.05) is 0 Å². The van der Waals surface area contributed by atoms with Crippen LogP contribution in [0, 0.1) is 0 Å². The molecule has 0 saturated heterocycles. The summed E-state index contributed by atoms with van der Waals surface area (Å²) in [6.07, 6.45) is 1.50. The summed E-state index contributed by atoms with van der Waals surface area (Å²) in [6.45, 7) is 0.220. The van der Waals surface area contributed by atoms with Crippen molar-refractivity contribution in [2.75, 3.05) is 0 Å². The van der Waals surface area contributed by atoms with E-state index in [0.29, 0.717) is 5.56 Å². The maximum Gasteiger partial charge on any atom is 0.344 e. The molecule has 2 rings (SSSR count). The van der Waals surface area contributed by atoms with Crippen LogP contribution in [0.2, 0.25) is 0 Å². The van der Waals surface area contributed by atoms with Crippen LogP contribution >= 0.6 is 0 Å². The van der Waals surface area contributed by atoms with E-state index < -0.39 is 5.97 Å².